The molecule has 0 saturated heterocycles. The van der Waals surface area contributed by atoms with Crippen LogP contribution in [0.2, 0.25) is 0 Å². The zero-order chi connectivity index (χ0) is 11.8. The van der Waals surface area contributed by atoms with Gasteiger partial charge in [0.2, 0.25) is 0 Å². The molecule has 0 amide bonds. The first kappa shape index (κ1) is 10.8. The van der Waals surface area contributed by atoms with E-state index in [9.17, 15) is 0 Å². The van der Waals surface area contributed by atoms with E-state index in [4.69, 9.17) is 5.73 Å². The van der Waals surface area contributed by atoms with Crippen LogP contribution in [0.4, 0.5) is 5.69 Å². The van der Waals surface area contributed by atoms with Crippen molar-refractivity contribution >= 4 is 34.1 Å². The lowest BCUT2D eigenvalue weighted by Gasteiger charge is -2.02. The number of halogens is 1. The molecule has 0 aliphatic carbocycles. The second-order valence-corrected chi connectivity index (χ2v) is 5.35. The van der Waals surface area contributed by atoms with E-state index in [1.807, 2.05) is 6.07 Å². The Labute approximate surface area is 114 Å². The van der Waals surface area contributed by atoms with Gasteiger partial charge in [0.05, 0.1) is 5.56 Å². The summed E-state index contributed by atoms with van der Waals surface area (Å²) in [7, 11) is 0. The molecule has 0 aromatic heterocycles. The van der Waals surface area contributed by atoms with Gasteiger partial charge in [-0.2, -0.15) is 0 Å². The first-order valence-electron chi connectivity index (χ1n) is 5.49. The van der Waals surface area contributed by atoms with Gasteiger partial charge < -0.3 is 0 Å². The fraction of sp³-hybridized carbons (Fsp3) is 0.0714. The Morgan fingerprint density at radius 2 is 1.71 bits per heavy atom. The van der Waals surface area contributed by atoms with E-state index in [0.717, 1.165) is 23.6 Å². The Morgan fingerprint density at radius 1 is 1.00 bits per heavy atom. The molecule has 1 aliphatic rings. The van der Waals surface area contributed by atoms with Crippen LogP contribution in [0, 0.1) is 3.57 Å². The predicted octanol–water partition coefficient (Wildman–Crippen LogP) is 2.85. The summed E-state index contributed by atoms with van der Waals surface area (Å²) in [6.07, 6.45) is 0. The fourth-order valence-corrected chi connectivity index (χ4v) is 2.52. The summed E-state index contributed by atoms with van der Waals surface area (Å²) in [6, 6.07) is 16.7. The minimum atomic E-state index is 0.849. The maximum atomic E-state index is 6.20. The minimum absolute atomic E-state index is 0.849. The molecule has 0 fully saturated rings. The van der Waals surface area contributed by atoms with Gasteiger partial charge in [0.15, 0.2) is 0 Å². The van der Waals surface area contributed by atoms with Gasteiger partial charge in [-0.3, -0.25) is 5.73 Å². The average Bonchev–Trinajstić information content (AvgIpc) is 2.69. The van der Waals surface area contributed by atoms with Gasteiger partial charge in [-0.1, -0.05) is 18.2 Å². The standard InChI is InChI=1S/C14H11IN2/c15-11-5-7-12(8-6-11)17-9-10-3-1-2-4-13(10)14(17)16/h1-8,16H,9H2/p+1. The van der Waals surface area contributed by atoms with Gasteiger partial charge in [-0.05, 0) is 52.9 Å². The van der Waals surface area contributed by atoms with Crippen molar-refractivity contribution in [3.05, 3.63) is 63.2 Å². The van der Waals surface area contributed by atoms with E-state index in [1.54, 1.807) is 0 Å². The Kier molecular flexibility index (Phi) is 2.63. The zero-order valence-corrected chi connectivity index (χ0v) is 11.4. The van der Waals surface area contributed by atoms with Crippen molar-refractivity contribution in [3.63, 3.8) is 0 Å². The number of fused-ring (bicyclic) bond motifs is 1. The fourth-order valence-electron chi connectivity index (χ4n) is 2.16. The number of hydrogen-bond donors (Lipinski definition) is 1. The smallest absolute Gasteiger partial charge is 0.280 e. The average molecular weight is 335 g/mol. The zero-order valence-electron chi connectivity index (χ0n) is 9.23. The number of rotatable bonds is 1. The van der Waals surface area contributed by atoms with Crippen molar-refractivity contribution in [1.82, 2.24) is 0 Å². The molecule has 17 heavy (non-hydrogen) atoms. The third-order valence-electron chi connectivity index (χ3n) is 3.05. The third-order valence-corrected chi connectivity index (χ3v) is 3.77. The molecule has 2 aromatic rings. The van der Waals surface area contributed by atoms with E-state index in [2.05, 4.69) is 69.6 Å². The molecule has 1 heterocycles. The summed E-state index contributed by atoms with van der Waals surface area (Å²) in [5.74, 6) is 0.849. The van der Waals surface area contributed by atoms with Gasteiger partial charge in [-0.25, -0.2) is 4.58 Å². The highest BCUT2D eigenvalue weighted by Crippen LogP contribution is 2.24. The van der Waals surface area contributed by atoms with Crippen molar-refractivity contribution in [2.75, 3.05) is 0 Å². The van der Waals surface area contributed by atoms with Crippen LogP contribution < -0.4 is 5.73 Å². The van der Waals surface area contributed by atoms with Crippen LogP contribution in [0.3, 0.4) is 0 Å². The summed E-state index contributed by atoms with van der Waals surface area (Å²) in [4.78, 5) is 0. The maximum absolute atomic E-state index is 6.20. The van der Waals surface area contributed by atoms with Crippen LogP contribution in [0.25, 0.3) is 0 Å². The van der Waals surface area contributed by atoms with Gasteiger partial charge in [0, 0.05) is 9.13 Å². The predicted molar refractivity (Wildman–Crippen MR) is 77.5 cm³/mol. The van der Waals surface area contributed by atoms with E-state index in [1.165, 1.54) is 9.13 Å². The molecule has 0 bridgehead atoms. The quantitative estimate of drug-likeness (QED) is 0.630. The molecule has 2 aromatic carbocycles. The van der Waals surface area contributed by atoms with E-state index < -0.39 is 0 Å². The first-order valence-corrected chi connectivity index (χ1v) is 6.57. The van der Waals surface area contributed by atoms with Crippen LogP contribution in [0.5, 0.6) is 0 Å². The summed E-state index contributed by atoms with van der Waals surface area (Å²) < 4.78 is 3.39. The molecule has 0 unspecified atom stereocenters. The number of hydrogen-bond acceptors (Lipinski definition) is 1. The van der Waals surface area contributed by atoms with Crippen molar-refractivity contribution in [3.8, 4) is 0 Å². The topological polar surface area (TPSA) is 29.0 Å². The third kappa shape index (κ3) is 1.84. The van der Waals surface area contributed by atoms with E-state index >= 15 is 0 Å². The lowest BCUT2D eigenvalue weighted by molar-refractivity contribution is -0.453. The van der Waals surface area contributed by atoms with Gasteiger partial charge in [0.1, 0.15) is 12.2 Å². The Hall–Kier alpha value is -1.36. The molecule has 2 nitrogen and oxygen atoms in total. The van der Waals surface area contributed by atoms with Crippen molar-refractivity contribution in [1.29, 1.82) is 0 Å². The molecular weight excluding hydrogens is 323 g/mol. The highest BCUT2D eigenvalue weighted by molar-refractivity contribution is 14.1. The largest absolute Gasteiger partial charge is 0.286 e. The molecule has 84 valence electrons. The van der Waals surface area contributed by atoms with Gasteiger partial charge in [0.25, 0.3) is 5.84 Å². The van der Waals surface area contributed by atoms with E-state index in [0.29, 0.717) is 0 Å². The van der Waals surface area contributed by atoms with Crippen LogP contribution in [0.1, 0.15) is 11.1 Å². The molecule has 2 N–H and O–H groups in total. The van der Waals surface area contributed by atoms with Crippen LogP contribution in [0.15, 0.2) is 48.5 Å². The number of benzene rings is 2. The summed E-state index contributed by atoms with van der Waals surface area (Å²) >= 11 is 2.31. The Balaban J connectivity index is 2.08. The SMILES string of the molecule is NC1=[N+](c2ccc(I)cc2)Cc2ccccc21. The van der Waals surface area contributed by atoms with Crippen molar-refractivity contribution in [2.24, 2.45) is 5.73 Å². The first-order chi connectivity index (χ1) is 8.25. The highest BCUT2D eigenvalue weighted by Gasteiger charge is 2.24. The monoisotopic (exact) mass is 335 g/mol. The lowest BCUT2D eigenvalue weighted by atomic mass is 10.1. The number of amidine groups is 1. The maximum Gasteiger partial charge on any atom is 0.280 e. The molecule has 0 saturated carbocycles. The molecular formula is C14H12IN2+. The van der Waals surface area contributed by atoms with Crippen LogP contribution in [-0.2, 0) is 6.54 Å². The highest BCUT2D eigenvalue weighted by atomic mass is 127. The minimum Gasteiger partial charge on any atom is -0.286 e. The van der Waals surface area contributed by atoms with Crippen LogP contribution >= 0.6 is 22.6 Å². The second-order valence-electron chi connectivity index (χ2n) is 4.10. The number of nitrogens with two attached hydrogens (primary N) is 1. The van der Waals surface area contributed by atoms with Gasteiger partial charge in [-0.15, -0.1) is 0 Å². The van der Waals surface area contributed by atoms with Gasteiger partial charge >= 0.3 is 0 Å². The summed E-state index contributed by atoms with van der Waals surface area (Å²) in [5.41, 5.74) is 9.81. The molecule has 0 radical (unpaired) electrons. The molecule has 0 atom stereocenters. The van der Waals surface area contributed by atoms with E-state index in [-0.39, 0.29) is 0 Å². The molecule has 1 aliphatic heterocycles. The van der Waals surface area contributed by atoms with Crippen molar-refractivity contribution in [2.45, 2.75) is 6.54 Å². The lowest BCUT2D eigenvalue weighted by Crippen LogP contribution is -2.19. The summed E-state index contributed by atoms with van der Waals surface area (Å²) in [6.45, 7) is 0.864. The Morgan fingerprint density at radius 3 is 2.41 bits per heavy atom. The van der Waals surface area contributed by atoms with Crippen molar-refractivity contribution < 1.29 is 4.58 Å². The molecule has 3 heteroatoms. The molecule has 3 rings (SSSR count). The normalized spacial score (nSPS) is 13.9. The molecule has 0 spiro atoms. The van der Waals surface area contributed by atoms with Crippen LogP contribution in [-0.4, -0.2) is 10.4 Å². The summed E-state index contributed by atoms with van der Waals surface area (Å²) in [5, 5.41) is 0. The Bertz CT molecular complexity index is 600. The second kappa shape index (κ2) is 4.14. The number of nitrogens with zero attached hydrogens (tertiary/aromatic N) is 1.